The minimum absolute atomic E-state index is 0.181. The van der Waals surface area contributed by atoms with Crippen molar-refractivity contribution in [1.29, 1.82) is 0 Å². The second-order valence-corrected chi connectivity index (χ2v) is 5.46. The van der Waals surface area contributed by atoms with Crippen molar-refractivity contribution in [3.8, 4) is 0 Å². The molecule has 0 spiro atoms. The van der Waals surface area contributed by atoms with Gasteiger partial charge in [-0.3, -0.25) is 4.79 Å². The van der Waals surface area contributed by atoms with E-state index in [0.29, 0.717) is 0 Å². The van der Waals surface area contributed by atoms with Crippen LogP contribution in [0.1, 0.15) is 6.92 Å². The van der Waals surface area contributed by atoms with Gasteiger partial charge in [0.15, 0.2) is 0 Å². The lowest BCUT2D eigenvalue weighted by molar-refractivity contribution is -0.671. The maximum atomic E-state index is 11.4. The van der Waals surface area contributed by atoms with E-state index in [-0.39, 0.29) is 4.72 Å². The molecule has 0 aromatic carbocycles. The summed E-state index contributed by atoms with van der Waals surface area (Å²) in [5.74, 6) is -3.20. The SMILES string of the molecule is CCn1cc[n+](C)c1.O=C(NS(=O)(=O)C(F)(F)F)C(F)(F)F. The largest absolute Gasteiger partial charge is 0.516 e. The molecule has 1 aromatic rings. The molecule has 1 heterocycles. The predicted octanol–water partition coefficient (Wildman–Crippen LogP) is 0.847. The molecule has 1 rings (SSSR count). The van der Waals surface area contributed by atoms with Crippen LogP contribution >= 0.6 is 0 Å². The number of aryl methyl sites for hydroxylation is 2. The van der Waals surface area contributed by atoms with Gasteiger partial charge in [0, 0.05) is 0 Å². The van der Waals surface area contributed by atoms with Crippen molar-refractivity contribution >= 4 is 15.9 Å². The number of hydrogen-bond acceptors (Lipinski definition) is 3. The van der Waals surface area contributed by atoms with E-state index in [9.17, 15) is 39.6 Å². The summed E-state index contributed by atoms with van der Waals surface area (Å²) in [6.45, 7) is 3.18. The predicted molar refractivity (Wildman–Crippen MR) is 60.5 cm³/mol. The fraction of sp³-hybridized carbons (Fsp3) is 0.556. The molecule has 1 N–H and O–H groups in total. The van der Waals surface area contributed by atoms with Gasteiger partial charge in [0.25, 0.3) is 0 Å². The number of nitrogens with zero attached hydrogens (tertiary/aromatic N) is 2. The summed E-state index contributed by atoms with van der Waals surface area (Å²) < 4.78 is 92.1. The molecule has 0 saturated heterocycles. The first-order valence-electron chi connectivity index (χ1n) is 5.42. The fourth-order valence-electron chi connectivity index (χ4n) is 0.927. The van der Waals surface area contributed by atoms with Gasteiger partial charge < -0.3 is 0 Å². The average molecular weight is 356 g/mol. The minimum atomic E-state index is -6.30. The highest BCUT2D eigenvalue weighted by molar-refractivity contribution is 7.90. The first-order valence-corrected chi connectivity index (χ1v) is 6.90. The fourth-order valence-corrected chi connectivity index (χ4v) is 1.40. The summed E-state index contributed by atoms with van der Waals surface area (Å²) >= 11 is 0. The zero-order valence-corrected chi connectivity index (χ0v) is 12.1. The van der Waals surface area contributed by atoms with Crippen LogP contribution in [0.25, 0.3) is 0 Å². The maximum absolute atomic E-state index is 11.4. The number of aromatic nitrogens is 2. The molecule has 13 heteroatoms. The third kappa shape index (κ3) is 6.32. The van der Waals surface area contributed by atoms with E-state index >= 15 is 0 Å². The minimum Gasteiger partial charge on any atom is -0.263 e. The van der Waals surface area contributed by atoms with Gasteiger partial charge in [0.1, 0.15) is 12.4 Å². The lowest BCUT2D eigenvalue weighted by Crippen LogP contribution is -2.46. The molecule has 0 fully saturated rings. The number of halogens is 6. The van der Waals surface area contributed by atoms with Crippen LogP contribution in [0.3, 0.4) is 0 Å². The molecule has 22 heavy (non-hydrogen) atoms. The molecule has 0 radical (unpaired) electrons. The Balaban J connectivity index is 0.000000461. The van der Waals surface area contributed by atoms with Crippen molar-refractivity contribution in [2.75, 3.05) is 0 Å². The number of alkyl halides is 6. The summed E-state index contributed by atoms with van der Waals surface area (Å²) in [4.78, 5) is 9.81. The van der Waals surface area contributed by atoms with E-state index in [1.165, 1.54) is 0 Å². The van der Waals surface area contributed by atoms with Crippen molar-refractivity contribution in [1.82, 2.24) is 9.29 Å². The number of sulfonamides is 1. The lowest BCUT2D eigenvalue weighted by Gasteiger charge is -2.10. The first kappa shape index (κ1) is 20.2. The standard InChI is InChI=1S/C6H11N2.C3HF6NO3S/c1-3-8-5-4-7(2)6-8;4-2(5,6)1(11)10-14(12,13)3(7,8)9/h4-6H,3H2,1-2H3;(H,10,11)/q+1;. The topological polar surface area (TPSA) is 72.0 Å². The molecule has 128 valence electrons. The van der Waals surface area contributed by atoms with Crippen molar-refractivity contribution in [3.63, 3.8) is 0 Å². The number of amides is 1. The van der Waals surface area contributed by atoms with Gasteiger partial charge in [-0.2, -0.15) is 34.8 Å². The molecular formula is C9H12F6N3O3S+. The molecule has 6 nitrogen and oxygen atoms in total. The van der Waals surface area contributed by atoms with Gasteiger partial charge in [-0.25, -0.2) is 13.9 Å². The smallest absolute Gasteiger partial charge is 0.263 e. The van der Waals surface area contributed by atoms with E-state index in [2.05, 4.69) is 24.0 Å². The number of hydrogen-bond donors (Lipinski definition) is 1. The highest BCUT2D eigenvalue weighted by Gasteiger charge is 2.51. The van der Waals surface area contributed by atoms with E-state index in [0.717, 1.165) is 6.54 Å². The zero-order valence-electron chi connectivity index (χ0n) is 11.2. The Kier molecular flexibility index (Phi) is 6.41. The van der Waals surface area contributed by atoms with Gasteiger partial charge in [-0.15, -0.1) is 0 Å². The number of carbonyl (C=O) groups excluding carboxylic acids is 1. The zero-order chi connectivity index (χ0) is 17.8. The van der Waals surface area contributed by atoms with Crippen LogP contribution in [0.15, 0.2) is 18.7 Å². The summed E-state index contributed by atoms with van der Waals surface area (Å²) in [6, 6.07) is 0. The normalized spacial score (nSPS) is 12.4. The second-order valence-electron chi connectivity index (χ2n) is 3.79. The first-order chi connectivity index (χ1) is 9.70. The van der Waals surface area contributed by atoms with Crippen LogP contribution in [0.4, 0.5) is 26.3 Å². The van der Waals surface area contributed by atoms with E-state index in [1.54, 1.807) is 0 Å². The van der Waals surface area contributed by atoms with Gasteiger partial charge in [-0.05, 0) is 6.92 Å². The molecular weight excluding hydrogens is 344 g/mol. The Bertz CT molecular complexity index is 605. The van der Waals surface area contributed by atoms with Crippen LogP contribution in [0, 0.1) is 0 Å². The summed E-state index contributed by atoms with van der Waals surface area (Å²) in [6.07, 6.45) is 0.446. The summed E-state index contributed by atoms with van der Waals surface area (Å²) in [7, 11) is -4.28. The van der Waals surface area contributed by atoms with Crippen LogP contribution in [-0.4, -0.2) is 30.6 Å². The second kappa shape index (κ2) is 6.98. The van der Waals surface area contributed by atoms with Crippen molar-refractivity contribution < 1.29 is 44.1 Å². The van der Waals surface area contributed by atoms with Gasteiger partial charge >= 0.3 is 27.6 Å². The molecule has 0 saturated carbocycles. The third-order valence-corrected chi connectivity index (χ3v) is 3.04. The van der Waals surface area contributed by atoms with Gasteiger partial charge in [0.2, 0.25) is 6.33 Å². The Morgan fingerprint density at radius 2 is 1.73 bits per heavy atom. The number of carbonyl (C=O) groups is 1. The van der Waals surface area contributed by atoms with Crippen molar-refractivity contribution in [3.05, 3.63) is 18.7 Å². The molecule has 0 aliphatic carbocycles. The Labute approximate surface area is 121 Å². The van der Waals surface area contributed by atoms with Crippen LogP contribution in [-0.2, 0) is 28.4 Å². The molecule has 1 amide bonds. The van der Waals surface area contributed by atoms with Crippen LogP contribution < -0.4 is 9.29 Å². The monoisotopic (exact) mass is 356 g/mol. The summed E-state index contributed by atoms with van der Waals surface area (Å²) in [5.41, 5.74) is -5.96. The van der Waals surface area contributed by atoms with Crippen LogP contribution in [0.5, 0.6) is 0 Å². The van der Waals surface area contributed by atoms with E-state index in [4.69, 9.17) is 0 Å². The molecule has 0 unspecified atom stereocenters. The lowest BCUT2D eigenvalue weighted by atomic mass is 10.6. The van der Waals surface area contributed by atoms with Gasteiger partial charge in [0.05, 0.1) is 13.6 Å². The molecule has 0 aliphatic heterocycles. The molecule has 0 atom stereocenters. The van der Waals surface area contributed by atoms with Crippen molar-refractivity contribution in [2.45, 2.75) is 25.2 Å². The Hall–Kier alpha value is -1.79. The highest BCUT2D eigenvalue weighted by atomic mass is 32.2. The number of imidazole rings is 1. The molecule has 1 aromatic heterocycles. The number of rotatable bonds is 2. The van der Waals surface area contributed by atoms with Gasteiger partial charge in [-0.1, -0.05) is 0 Å². The number of nitrogens with one attached hydrogen (secondary N) is 1. The Morgan fingerprint density at radius 3 is 1.95 bits per heavy atom. The quantitative estimate of drug-likeness (QED) is 0.631. The Morgan fingerprint density at radius 1 is 1.23 bits per heavy atom. The molecule has 0 aliphatic rings. The average Bonchev–Trinajstić information content (AvgIpc) is 2.72. The third-order valence-electron chi connectivity index (χ3n) is 1.98. The van der Waals surface area contributed by atoms with Crippen LogP contribution in [0.2, 0.25) is 0 Å². The van der Waals surface area contributed by atoms with Crippen molar-refractivity contribution in [2.24, 2.45) is 7.05 Å². The van der Waals surface area contributed by atoms with E-state index < -0.39 is 27.6 Å². The molecule has 0 bridgehead atoms. The maximum Gasteiger partial charge on any atom is 0.516 e. The van der Waals surface area contributed by atoms with E-state index in [1.807, 2.05) is 17.8 Å². The summed E-state index contributed by atoms with van der Waals surface area (Å²) in [5, 5.41) is 0. The highest BCUT2D eigenvalue weighted by Crippen LogP contribution is 2.23.